The molecule has 1 rings (SSSR count). The highest BCUT2D eigenvalue weighted by Gasteiger charge is 2.18. The normalized spacial score (nSPS) is 11.9. The van der Waals surface area contributed by atoms with Gasteiger partial charge < -0.3 is 9.84 Å². The summed E-state index contributed by atoms with van der Waals surface area (Å²) < 4.78 is 5.53. The first-order valence-electron chi connectivity index (χ1n) is 4.73. The Morgan fingerprint density at radius 2 is 2.29 bits per heavy atom. The number of rotatable bonds is 5. The second kappa shape index (κ2) is 5.62. The van der Waals surface area contributed by atoms with Crippen LogP contribution in [0.5, 0.6) is 5.75 Å². The summed E-state index contributed by atoms with van der Waals surface area (Å²) in [6, 6.07) is 4.35. The summed E-state index contributed by atoms with van der Waals surface area (Å²) >= 11 is 3.06. The molecule has 0 radical (unpaired) electrons. The van der Waals surface area contributed by atoms with Crippen molar-refractivity contribution in [1.82, 2.24) is 0 Å². The molecule has 1 atom stereocenters. The molecule has 1 aromatic rings. The molecule has 6 nitrogen and oxygen atoms in total. The SMILES string of the molecule is C[C@@H](CC(=O)O)Oc1cccc([N+](=O)[O-])c1Br. The molecule has 0 heterocycles. The number of nitro benzene ring substituents is 1. The summed E-state index contributed by atoms with van der Waals surface area (Å²) in [5.41, 5.74) is -0.120. The van der Waals surface area contributed by atoms with Gasteiger partial charge in [0, 0.05) is 6.07 Å². The van der Waals surface area contributed by atoms with Gasteiger partial charge in [0.1, 0.15) is 16.3 Å². The molecule has 0 aliphatic heterocycles. The number of aliphatic carboxylic acids is 1. The lowest BCUT2D eigenvalue weighted by Crippen LogP contribution is -2.16. The van der Waals surface area contributed by atoms with Gasteiger partial charge in [-0.3, -0.25) is 14.9 Å². The van der Waals surface area contributed by atoms with E-state index in [4.69, 9.17) is 9.84 Å². The van der Waals surface area contributed by atoms with E-state index in [-0.39, 0.29) is 22.3 Å². The Bertz CT molecular complexity index is 448. The molecular formula is C10H10BrNO5. The predicted octanol–water partition coefficient (Wildman–Crippen LogP) is 2.60. The largest absolute Gasteiger partial charge is 0.489 e. The van der Waals surface area contributed by atoms with Gasteiger partial charge in [0.05, 0.1) is 11.3 Å². The van der Waals surface area contributed by atoms with E-state index in [1.807, 2.05) is 0 Å². The summed E-state index contributed by atoms with van der Waals surface area (Å²) in [4.78, 5) is 20.6. The van der Waals surface area contributed by atoms with E-state index < -0.39 is 17.0 Å². The number of carbonyl (C=O) groups is 1. The average Bonchev–Trinajstić information content (AvgIpc) is 2.19. The highest BCUT2D eigenvalue weighted by molar-refractivity contribution is 9.10. The van der Waals surface area contributed by atoms with Crippen LogP contribution >= 0.6 is 15.9 Å². The summed E-state index contributed by atoms with van der Waals surface area (Å²) in [6.45, 7) is 1.58. The maximum absolute atomic E-state index is 10.7. The van der Waals surface area contributed by atoms with Crippen LogP contribution in [0, 0.1) is 10.1 Å². The molecule has 7 heteroatoms. The fourth-order valence-corrected chi connectivity index (χ4v) is 1.74. The van der Waals surface area contributed by atoms with Gasteiger partial charge in [-0.05, 0) is 28.9 Å². The Hall–Kier alpha value is -1.63. The Morgan fingerprint density at radius 3 is 2.82 bits per heavy atom. The highest BCUT2D eigenvalue weighted by Crippen LogP contribution is 2.34. The topological polar surface area (TPSA) is 89.7 Å². The number of carboxylic acids is 1. The molecule has 1 N–H and O–H groups in total. The first-order chi connectivity index (χ1) is 7.91. The monoisotopic (exact) mass is 303 g/mol. The van der Waals surface area contributed by atoms with Crippen molar-refractivity contribution in [3.05, 3.63) is 32.8 Å². The molecule has 0 spiro atoms. The summed E-state index contributed by atoms with van der Waals surface area (Å²) in [7, 11) is 0. The van der Waals surface area contributed by atoms with Crippen molar-refractivity contribution < 1.29 is 19.6 Å². The molecule has 0 aromatic heterocycles. The molecule has 92 valence electrons. The zero-order chi connectivity index (χ0) is 13.0. The smallest absolute Gasteiger partial charge is 0.307 e. The molecule has 0 aliphatic carbocycles. The van der Waals surface area contributed by atoms with Gasteiger partial charge in [-0.15, -0.1) is 0 Å². The lowest BCUT2D eigenvalue weighted by Gasteiger charge is -2.13. The third-order valence-corrected chi connectivity index (χ3v) is 2.73. The highest BCUT2D eigenvalue weighted by atomic mass is 79.9. The van der Waals surface area contributed by atoms with Gasteiger partial charge in [-0.1, -0.05) is 6.07 Å². The third-order valence-electron chi connectivity index (χ3n) is 1.93. The molecule has 17 heavy (non-hydrogen) atoms. The molecule has 0 bridgehead atoms. The van der Waals surface area contributed by atoms with Crippen LogP contribution in [0.2, 0.25) is 0 Å². The Balaban J connectivity index is 2.88. The summed E-state index contributed by atoms with van der Waals surface area (Å²) in [6.07, 6.45) is -0.736. The zero-order valence-electron chi connectivity index (χ0n) is 8.92. The number of ether oxygens (including phenoxy) is 1. The van der Waals surface area contributed by atoms with E-state index in [0.717, 1.165) is 0 Å². The van der Waals surface area contributed by atoms with Gasteiger partial charge >= 0.3 is 5.97 Å². The van der Waals surface area contributed by atoms with E-state index in [0.29, 0.717) is 0 Å². The maximum atomic E-state index is 10.7. The molecule has 0 amide bonds. The average molecular weight is 304 g/mol. The second-order valence-corrected chi connectivity index (χ2v) is 4.17. The van der Waals surface area contributed by atoms with E-state index in [2.05, 4.69) is 15.9 Å². The molecule has 0 aliphatic rings. The maximum Gasteiger partial charge on any atom is 0.307 e. The number of benzene rings is 1. The van der Waals surface area contributed by atoms with Crippen molar-refractivity contribution >= 4 is 27.6 Å². The summed E-state index contributed by atoms with van der Waals surface area (Å²) in [5, 5.41) is 19.2. The minimum absolute atomic E-state index is 0.120. The second-order valence-electron chi connectivity index (χ2n) is 3.37. The van der Waals surface area contributed by atoms with Gasteiger partial charge in [0.15, 0.2) is 0 Å². The first kappa shape index (κ1) is 13.4. The van der Waals surface area contributed by atoms with Crippen molar-refractivity contribution in [2.24, 2.45) is 0 Å². The Morgan fingerprint density at radius 1 is 1.65 bits per heavy atom. The van der Waals surface area contributed by atoms with Crippen LogP contribution in [0.1, 0.15) is 13.3 Å². The van der Waals surface area contributed by atoms with Gasteiger partial charge in [-0.2, -0.15) is 0 Å². The quantitative estimate of drug-likeness (QED) is 0.667. The Kier molecular flexibility index (Phi) is 4.45. The Labute approximate surface area is 105 Å². The fraction of sp³-hybridized carbons (Fsp3) is 0.300. The van der Waals surface area contributed by atoms with Crippen LogP contribution in [0.25, 0.3) is 0 Å². The van der Waals surface area contributed by atoms with Crippen LogP contribution in [-0.2, 0) is 4.79 Å². The van der Waals surface area contributed by atoms with Crippen molar-refractivity contribution in [3.63, 3.8) is 0 Å². The van der Waals surface area contributed by atoms with Crippen molar-refractivity contribution in [3.8, 4) is 5.75 Å². The lowest BCUT2D eigenvalue weighted by atomic mass is 10.2. The van der Waals surface area contributed by atoms with Crippen molar-refractivity contribution in [2.45, 2.75) is 19.4 Å². The van der Waals surface area contributed by atoms with E-state index in [1.54, 1.807) is 6.92 Å². The van der Waals surface area contributed by atoms with Crippen LogP contribution in [0.4, 0.5) is 5.69 Å². The van der Waals surface area contributed by atoms with E-state index in [9.17, 15) is 14.9 Å². The molecule has 0 fully saturated rings. The van der Waals surface area contributed by atoms with Crippen LogP contribution in [0.15, 0.2) is 22.7 Å². The minimum Gasteiger partial charge on any atom is -0.489 e. The molecule has 1 aromatic carbocycles. The first-order valence-corrected chi connectivity index (χ1v) is 5.52. The van der Waals surface area contributed by atoms with E-state index in [1.165, 1.54) is 18.2 Å². The number of hydrogen-bond donors (Lipinski definition) is 1. The van der Waals surface area contributed by atoms with Crippen molar-refractivity contribution in [2.75, 3.05) is 0 Å². The van der Waals surface area contributed by atoms with Crippen molar-refractivity contribution in [1.29, 1.82) is 0 Å². The molecule has 0 unspecified atom stereocenters. The van der Waals surface area contributed by atoms with Crippen LogP contribution in [0.3, 0.4) is 0 Å². The number of hydrogen-bond acceptors (Lipinski definition) is 4. The fourth-order valence-electron chi connectivity index (χ4n) is 1.24. The van der Waals surface area contributed by atoms with Crippen LogP contribution < -0.4 is 4.74 Å². The zero-order valence-corrected chi connectivity index (χ0v) is 10.5. The van der Waals surface area contributed by atoms with Gasteiger partial charge in [-0.25, -0.2) is 0 Å². The van der Waals surface area contributed by atoms with Gasteiger partial charge in [0.2, 0.25) is 0 Å². The third kappa shape index (κ3) is 3.70. The predicted molar refractivity (Wildman–Crippen MR) is 63.1 cm³/mol. The molecular weight excluding hydrogens is 294 g/mol. The van der Waals surface area contributed by atoms with E-state index >= 15 is 0 Å². The number of nitro groups is 1. The molecule has 0 saturated heterocycles. The van der Waals surface area contributed by atoms with Crippen LogP contribution in [-0.4, -0.2) is 22.1 Å². The minimum atomic E-state index is -0.987. The molecule has 0 saturated carbocycles. The summed E-state index contributed by atoms with van der Waals surface area (Å²) in [5.74, 6) is -0.730. The number of nitrogens with zero attached hydrogens (tertiary/aromatic N) is 1. The van der Waals surface area contributed by atoms with Gasteiger partial charge in [0.25, 0.3) is 5.69 Å². The number of halogens is 1. The standard InChI is InChI=1S/C10H10BrNO5/c1-6(5-9(13)14)17-8-4-2-3-7(10(8)11)12(15)16/h2-4,6H,5H2,1H3,(H,13,14)/t6-/m0/s1. The number of carboxylic acid groups (broad SMARTS) is 1. The lowest BCUT2D eigenvalue weighted by molar-refractivity contribution is -0.385.